The summed E-state index contributed by atoms with van der Waals surface area (Å²) in [7, 11) is -3.66. The number of halogens is 1. The Bertz CT molecular complexity index is 699. The second-order valence-electron chi connectivity index (χ2n) is 7.20. The van der Waals surface area contributed by atoms with Crippen molar-refractivity contribution in [3.05, 3.63) is 30.1 Å². The zero-order valence-electron chi connectivity index (χ0n) is 15.5. The molecule has 1 fully saturated rings. The van der Waals surface area contributed by atoms with E-state index >= 15 is 0 Å². The van der Waals surface area contributed by atoms with Gasteiger partial charge in [-0.25, -0.2) is 17.5 Å². The first-order chi connectivity index (χ1) is 12.2. The summed E-state index contributed by atoms with van der Waals surface area (Å²) >= 11 is 0. The van der Waals surface area contributed by atoms with E-state index in [4.69, 9.17) is 0 Å². The van der Waals surface area contributed by atoms with Gasteiger partial charge in [-0.1, -0.05) is 13.8 Å². The van der Waals surface area contributed by atoms with E-state index in [9.17, 15) is 17.6 Å². The molecule has 0 aromatic heterocycles. The molecule has 6 nitrogen and oxygen atoms in total. The van der Waals surface area contributed by atoms with Crippen LogP contribution in [0.3, 0.4) is 0 Å². The number of carbonyl (C=O) groups is 1. The fourth-order valence-corrected chi connectivity index (χ4v) is 4.23. The van der Waals surface area contributed by atoms with Crippen molar-refractivity contribution in [2.45, 2.75) is 50.6 Å². The summed E-state index contributed by atoms with van der Waals surface area (Å²) in [6.45, 7) is 7.91. The molecule has 2 N–H and O–H groups in total. The third kappa shape index (κ3) is 5.75. The third-order valence-electron chi connectivity index (χ3n) is 4.59. The van der Waals surface area contributed by atoms with Crippen LogP contribution in [0.1, 0.15) is 33.6 Å². The Morgan fingerprint density at radius 3 is 2.31 bits per heavy atom. The molecule has 0 radical (unpaired) electrons. The van der Waals surface area contributed by atoms with Crippen LogP contribution in [0, 0.1) is 11.7 Å². The summed E-state index contributed by atoms with van der Waals surface area (Å²) in [5.41, 5.74) is 0. The van der Waals surface area contributed by atoms with Gasteiger partial charge in [-0.3, -0.25) is 9.69 Å². The van der Waals surface area contributed by atoms with Gasteiger partial charge in [0.15, 0.2) is 0 Å². The minimum Gasteiger partial charge on any atom is -0.354 e. The molecule has 1 aliphatic heterocycles. The lowest BCUT2D eigenvalue weighted by Crippen LogP contribution is -2.52. The van der Waals surface area contributed by atoms with Crippen LogP contribution in [0.15, 0.2) is 29.2 Å². The number of hydrogen-bond donors (Lipinski definition) is 2. The second kappa shape index (κ2) is 8.92. The van der Waals surface area contributed by atoms with Gasteiger partial charge < -0.3 is 5.32 Å². The summed E-state index contributed by atoms with van der Waals surface area (Å²) in [4.78, 5) is 14.3. The van der Waals surface area contributed by atoms with Gasteiger partial charge in [0.2, 0.25) is 15.9 Å². The summed E-state index contributed by atoms with van der Waals surface area (Å²) in [6.07, 6.45) is 1.25. The molecule has 0 spiro atoms. The average Bonchev–Trinajstić information content (AvgIpc) is 2.59. The van der Waals surface area contributed by atoms with Crippen molar-refractivity contribution in [2.24, 2.45) is 5.92 Å². The normalized spacial score (nSPS) is 18.0. The van der Waals surface area contributed by atoms with Crippen LogP contribution in [-0.2, 0) is 14.8 Å². The Morgan fingerprint density at radius 1 is 1.19 bits per heavy atom. The lowest BCUT2D eigenvalue weighted by atomic mass is 10.0. The first-order valence-corrected chi connectivity index (χ1v) is 10.5. The standard InChI is InChI=1S/C18H28FN3O3S/c1-13(2)12-20-18(23)14(3)22-10-8-16(9-11-22)21-26(24,25)17-6-4-15(19)5-7-17/h4-7,13-14,16,21H,8-12H2,1-3H3,(H,20,23). The van der Waals surface area contributed by atoms with Crippen LogP contribution in [0.4, 0.5) is 4.39 Å². The van der Waals surface area contributed by atoms with E-state index in [1.165, 1.54) is 12.1 Å². The van der Waals surface area contributed by atoms with Gasteiger partial charge in [0.05, 0.1) is 10.9 Å². The van der Waals surface area contributed by atoms with Crippen molar-refractivity contribution in [1.82, 2.24) is 14.9 Å². The molecule has 146 valence electrons. The Kier molecular flexibility index (Phi) is 7.14. The molecule has 1 heterocycles. The quantitative estimate of drug-likeness (QED) is 0.749. The molecule has 1 aromatic carbocycles. The van der Waals surface area contributed by atoms with E-state index < -0.39 is 15.8 Å². The highest BCUT2D eigenvalue weighted by atomic mass is 32.2. The van der Waals surface area contributed by atoms with Crippen molar-refractivity contribution in [1.29, 1.82) is 0 Å². The highest BCUT2D eigenvalue weighted by molar-refractivity contribution is 7.89. The molecular formula is C18H28FN3O3S. The third-order valence-corrected chi connectivity index (χ3v) is 6.12. The Hall–Kier alpha value is -1.51. The number of benzene rings is 1. The van der Waals surface area contributed by atoms with Gasteiger partial charge in [0.1, 0.15) is 5.82 Å². The first kappa shape index (κ1) is 20.8. The molecule has 2 rings (SSSR count). The molecule has 0 aliphatic carbocycles. The first-order valence-electron chi connectivity index (χ1n) is 8.98. The van der Waals surface area contributed by atoms with E-state index in [0.717, 1.165) is 12.1 Å². The van der Waals surface area contributed by atoms with Gasteiger partial charge in [-0.05, 0) is 49.9 Å². The smallest absolute Gasteiger partial charge is 0.240 e. The molecule has 0 saturated carbocycles. The predicted molar refractivity (Wildman–Crippen MR) is 98.6 cm³/mol. The maximum absolute atomic E-state index is 13.0. The van der Waals surface area contributed by atoms with Crippen LogP contribution in [0.25, 0.3) is 0 Å². The highest BCUT2D eigenvalue weighted by Gasteiger charge is 2.29. The Morgan fingerprint density at radius 2 is 1.77 bits per heavy atom. The van der Waals surface area contributed by atoms with Crippen LogP contribution in [0.2, 0.25) is 0 Å². The number of amides is 1. The van der Waals surface area contributed by atoms with Gasteiger partial charge in [0, 0.05) is 25.7 Å². The molecule has 8 heteroatoms. The molecular weight excluding hydrogens is 357 g/mol. The summed E-state index contributed by atoms with van der Waals surface area (Å²) in [5.74, 6) is -0.0659. The fraction of sp³-hybridized carbons (Fsp3) is 0.611. The fourth-order valence-electron chi connectivity index (χ4n) is 2.92. The van der Waals surface area contributed by atoms with Crippen molar-refractivity contribution >= 4 is 15.9 Å². The number of nitrogens with one attached hydrogen (secondary N) is 2. The van der Waals surface area contributed by atoms with Crippen molar-refractivity contribution < 1.29 is 17.6 Å². The number of carbonyl (C=O) groups excluding carboxylic acids is 1. The number of nitrogens with zero attached hydrogens (tertiary/aromatic N) is 1. The average molecular weight is 386 g/mol. The topological polar surface area (TPSA) is 78.5 Å². The molecule has 1 amide bonds. The van der Waals surface area contributed by atoms with E-state index in [1.807, 2.05) is 20.8 Å². The molecule has 1 aromatic rings. The molecule has 26 heavy (non-hydrogen) atoms. The van der Waals surface area contributed by atoms with Crippen molar-refractivity contribution in [2.75, 3.05) is 19.6 Å². The van der Waals surface area contributed by atoms with Gasteiger partial charge in [-0.15, -0.1) is 0 Å². The lowest BCUT2D eigenvalue weighted by Gasteiger charge is -2.35. The summed E-state index contributed by atoms with van der Waals surface area (Å²) < 4.78 is 40.4. The molecule has 0 bridgehead atoms. The molecule has 1 aliphatic rings. The van der Waals surface area contributed by atoms with Crippen LogP contribution in [0.5, 0.6) is 0 Å². The minimum absolute atomic E-state index is 0.00374. The predicted octanol–water partition coefficient (Wildman–Crippen LogP) is 1.73. The maximum atomic E-state index is 13.0. The summed E-state index contributed by atoms with van der Waals surface area (Å²) in [6, 6.07) is 4.36. The van der Waals surface area contributed by atoms with E-state index in [-0.39, 0.29) is 22.9 Å². The number of hydrogen-bond acceptors (Lipinski definition) is 4. The lowest BCUT2D eigenvalue weighted by molar-refractivity contribution is -0.126. The van der Waals surface area contributed by atoms with Gasteiger partial charge >= 0.3 is 0 Å². The van der Waals surface area contributed by atoms with E-state index in [2.05, 4.69) is 14.9 Å². The number of sulfonamides is 1. The van der Waals surface area contributed by atoms with E-state index in [0.29, 0.717) is 38.4 Å². The highest BCUT2D eigenvalue weighted by Crippen LogP contribution is 2.17. The van der Waals surface area contributed by atoms with Gasteiger partial charge in [0.25, 0.3) is 0 Å². The van der Waals surface area contributed by atoms with Crippen molar-refractivity contribution in [3.8, 4) is 0 Å². The largest absolute Gasteiger partial charge is 0.354 e. The Balaban J connectivity index is 1.86. The zero-order chi connectivity index (χ0) is 19.3. The minimum atomic E-state index is -3.66. The van der Waals surface area contributed by atoms with Gasteiger partial charge in [-0.2, -0.15) is 0 Å². The number of likely N-dealkylation sites (tertiary alicyclic amines) is 1. The van der Waals surface area contributed by atoms with Crippen LogP contribution >= 0.6 is 0 Å². The van der Waals surface area contributed by atoms with Crippen LogP contribution < -0.4 is 10.0 Å². The number of piperidine rings is 1. The molecule has 1 saturated heterocycles. The Labute approximate surface area is 155 Å². The second-order valence-corrected chi connectivity index (χ2v) is 8.91. The van der Waals surface area contributed by atoms with E-state index in [1.54, 1.807) is 0 Å². The summed E-state index contributed by atoms with van der Waals surface area (Å²) in [5, 5.41) is 2.93. The number of rotatable bonds is 7. The van der Waals surface area contributed by atoms with Crippen LogP contribution in [-0.4, -0.2) is 50.9 Å². The zero-order valence-corrected chi connectivity index (χ0v) is 16.4. The SMILES string of the molecule is CC(C)CNC(=O)C(C)N1CCC(NS(=O)(=O)c2ccc(F)cc2)CC1. The maximum Gasteiger partial charge on any atom is 0.240 e. The molecule has 1 atom stereocenters. The monoisotopic (exact) mass is 385 g/mol. The van der Waals surface area contributed by atoms with Crippen molar-refractivity contribution in [3.63, 3.8) is 0 Å². The molecule has 1 unspecified atom stereocenters.